The number of halogens is 3. The first-order chi connectivity index (χ1) is 10.6. The molecule has 1 aromatic rings. The topological polar surface area (TPSA) is 78.4 Å². The van der Waals surface area contributed by atoms with Gasteiger partial charge in [0.05, 0.1) is 0 Å². The van der Waals surface area contributed by atoms with Gasteiger partial charge in [-0.2, -0.15) is 30.6 Å². The lowest BCUT2D eigenvalue weighted by Crippen LogP contribution is -2.53. The number of rotatable bonds is 4. The summed E-state index contributed by atoms with van der Waals surface area (Å²) in [6.45, 7) is 4.57. The Morgan fingerprint density at radius 1 is 1.13 bits per heavy atom. The van der Waals surface area contributed by atoms with Gasteiger partial charge in [0, 0.05) is 32.2 Å². The fourth-order valence-electron chi connectivity index (χ4n) is 2.18. The predicted octanol–water partition coefficient (Wildman–Crippen LogP) is 0.860. The summed E-state index contributed by atoms with van der Waals surface area (Å²) in [5.74, 6) is 0.298. The fourth-order valence-corrected chi connectivity index (χ4v) is 3.56. The zero-order valence-corrected chi connectivity index (χ0v) is 13.5. The van der Waals surface area contributed by atoms with Crippen LogP contribution in [-0.2, 0) is 16.4 Å². The van der Waals surface area contributed by atoms with Crippen molar-refractivity contribution in [3.63, 3.8) is 0 Å². The summed E-state index contributed by atoms with van der Waals surface area (Å²) in [7, 11) is -3.54. The third-order valence-electron chi connectivity index (χ3n) is 3.23. The van der Waals surface area contributed by atoms with E-state index < -0.39 is 22.1 Å². The lowest BCUT2D eigenvalue weighted by Gasteiger charge is -2.34. The van der Waals surface area contributed by atoms with Crippen LogP contribution in [0.25, 0.3) is 0 Å². The highest BCUT2D eigenvalue weighted by Gasteiger charge is 2.33. The van der Waals surface area contributed by atoms with Crippen LogP contribution in [0.2, 0.25) is 0 Å². The second-order valence-corrected chi connectivity index (χ2v) is 7.14. The largest absolute Gasteiger partial charge is 0.435 e. The quantitative estimate of drug-likeness (QED) is 0.869. The van der Waals surface area contributed by atoms with Gasteiger partial charge in [-0.25, -0.2) is 0 Å². The minimum absolute atomic E-state index is 0.209. The van der Waals surface area contributed by atoms with Crippen LogP contribution in [-0.4, -0.2) is 55.1 Å². The molecule has 0 aromatic carbocycles. The minimum Gasteiger partial charge on any atom is -0.352 e. The molecule has 0 unspecified atom stereocenters. The summed E-state index contributed by atoms with van der Waals surface area (Å²) in [5, 5.41) is 6.75. The minimum atomic E-state index is -4.53. The Bertz CT molecular complexity index is 625. The van der Waals surface area contributed by atoms with Crippen molar-refractivity contribution in [3.8, 4) is 0 Å². The summed E-state index contributed by atoms with van der Waals surface area (Å²) in [6.07, 6.45) is -4.53. The van der Waals surface area contributed by atoms with Gasteiger partial charge in [-0.1, -0.05) is 0 Å². The van der Waals surface area contributed by atoms with Gasteiger partial charge in [-0.15, -0.1) is 10.2 Å². The summed E-state index contributed by atoms with van der Waals surface area (Å²) < 4.78 is 65.2. The first kappa shape index (κ1) is 17.9. The molecule has 1 aliphatic rings. The smallest absolute Gasteiger partial charge is 0.352 e. The highest BCUT2D eigenvalue weighted by molar-refractivity contribution is 7.87. The maximum Gasteiger partial charge on any atom is 0.435 e. The number of aromatic nitrogens is 2. The Morgan fingerprint density at radius 2 is 1.74 bits per heavy atom. The zero-order chi connectivity index (χ0) is 17.3. The van der Waals surface area contributed by atoms with E-state index in [9.17, 15) is 21.6 Å². The second kappa shape index (κ2) is 6.57. The van der Waals surface area contributed by atoms with Gasteiger partial charge in [0.2, 0.25) is 0 Å². The van der Waals surface area contributed by atoms with Crippen molar-refractivity contribution in [2.24, 2.45) is 0 Å². The van der Waals surface area contributed by atoms with Crippen molar-refractivity contribution in [2.45, 2.75) is 26.1 Å². The Labute approximate surface area is 132 Å². The predicted molar refractivity (Wildman–Crippen MR) is 78.0 cm³/mol. The first-order valence-corrected chi connectivity index (χ1v) is 8.47. The van der Waals surface area contributed by atoms with Gasteiger partial charge in [0.1, 0.15) is 0 Å². The summed E-state index contributed by atoms with van der Waals surface area (Å²) in [5.41, 5.74) is -1.05. The van der Waals surface area contributed by atoms with Crippen molar-refractivity contribution >= 4 is 16.0 Å². The molecule has 23 heavy (non-hydrogen) atoms. The highest BCUT2D eigenvalue weighted by Crippen LogP contribution is 2.27. The molecule has 1 aromatic heterocycles. The van der Waals surface area contributed by atoms with E-state index in [2.05, 4.69) is 14.9 Å². The Balaban J connectivity index is 1.99. The standard InChI is InChI=1S/C12H18F3N5O2S/c1-9(2)18-23(21,22)20-7-5-19(6-8-20)11-4-3-10(16-17-11)12(13,14)15/h3-4,9,18H,5-8H2,1-2H3. The molecule has 0 bridgehead atoms. The molecule has 0 saturated carbocycles. The van der Waals surface area contributed by atoms with Crippen molar-refractivity contribution in [1.29, 1.82) is 0 Å². The normalized spacial score (nSPS) is 17.7. The van der Waals surface area contributed by atoms with Crippen LogP contribution in [0, 0.1) is 0 Å². The lowest BCUT2D eigenvalue weighted by molar-refractivity contribution is -0.141. The molecule has 0 radical (unpaired) electrons. The molecule has 0 aliphatic carbocycles. The van der Waals surface area contributed by atoms with Crippen molar-refractivity contribution < 1.29 is 21.6 Å². The summed E-state index contributed by atoms with van der Waals surface area (Å²) >= 11 is 0. The third kappa shape index (κ3) is 4.52. The SMILES string of the molecule is CC(C)NS(=O)(=O)N1CCN(c2ccc(C(F)(F)F)nn2)CC1. The molecule has 7 nitrogen and oxygen atoms in total. The van der Waals surface area contributed by atoms with Gasteiger partial charge in [0.15, 0.2) is 11.5 Å². The van der Waals surface area contributed by atoms with E-state index in [1.165, 1.54) is 10.4 Å². The molecule has 1 aliphatic heterocycles. The molecule has 0 atom stereocenters. The fraction of sp³-hybridized carbons (Fsp3) is 0.667. The lowest BCUT2D eigenvalue weighted by atomic mass is 10.3. The number of nitrogens with one attached hydrogen (secondary N) is 1. The van der Waals surface area contributed by atoms with E-state index in [4.69, 9.17) is 0 Å². The monoisotopic (exact) mass is 353 g/mol. The zero-order valence-electron chi connectivity index (χ0n) is 12.7. The Kier molecular flexibility index (Phi) is 5.11. The van der Waals surface area contributed by atoms with E-state index in [1.54, 1.807) is 18.7 Å². The van der Waals surface area contributed by atoms with Crippen LogP contribution in [0.4, 0.5) is 19.0 Å². The molecule has 11 heteroatoms. The highest BCUT2D eigenvalue weighted by atomic mass is 32.2. The van der Waals surface area contributed by atoms with Gasteiger partial charge >= 0.3 is 6.18 Å². The number of anilines is 1. The molecule has 2 rings (SSSR count). The van der Waals surface area contributed by atoms with Gasteiger partial charge in [-0.05, 0) is 26.0 Å². The van der Waals surface area contributed by atoms with Crippen molar-refractivity contribution in [3.05, 3.63) is 17.8 Å². The number of hydrogen-bond acceptors (Lipinski definition) is 5. The van der Waals surface area contributed by atoms with Crippen LogP contribution in [0.5, 0.6) is 0 Å². The van der Waals surface area contributed by atoms with Crippen LogP contribution in [0.15, 0.2) is 12.1 Å². The van der Waals surface area contributed by atoms with Crippen LogP contribution in [0.1, 0.15) is 19.5 Å². The molecule has 130 valence electrons. The average Bonchev–Trinajstić information content (AvgIpc) is 2.45. The van der Waals surface area contributed by atoms with E-state index in [-0.39, 0.29) is 19.1 Å². The number of hydrogen-bond donors (Lipinski definition) is 1. The van der Waals surface area contributed by atoms with Crippen LogP contribution >= 0.6 is 0 Å². The van der Waals surface area contributed by atoms with E-state index in [0.717, 1.165) is 6.07 Å². The van der Waals surface area contributed by atoms with Gasteiger partial charge < -0.3 is 4.90 Å². The molecule has 2 heterocycles. The average molecular weight is 353 g/mol. The number of piperazine rings is 1. The number of nitrogens with zero attached hydrogens (tertiary/aromatic N) is 4. The van der Waals surface area contributed by atoms with Crippen molar-refractivity contribution in [2.75, 3.05) is 31.1 Å². The molecule has 1 N–H and O–H groups in total. The Hall–Kier alpha value is -1.46. The third-order valence-corrected chi connectivity index (χ3v) is 5.04. The number of alkyl halides is 3. The van der Waals surface area contributed by atoms with E-state index in [0.29, 0.717) is 18.9 Å². The van der Waals surface area contributed by atoms with E-state index >= 15 is 0 Å². The summed E-state index contributed by atoms with van der Waals surface area (Å²) in [6, 6.07) is 1.90. The molecule has 1 fully saturated rings. The van der Waals surface area contributed by atoms with Gasteiger partial charge in [0.25, 0.3) is 10.2 Å². The van der Waals surface area contributed by atoms with Crippen molar-refractivity contribution in [1.82, 2.24) is 19.2 Å². The van der Waals surface area contributed by atoms with Crippen LogP contribution in [0.3, 0.4) is 0 Å². The Morgan fingerprint density at radius 3 is 2.17 bits per heavy atom. The molecule has 0 spiro atoms. The molecule has 0 amide bonds. The molecular formula is C12H18F3N5O2S. The molecular weight excluding hydrogens is 335 g/mol. The molecule has 1 saturated heterocycles. The van der Waals surface area contributed by atoms with Gasteiger partial charge in [-0.3, -0.25) is 0 Å². The maximum atomic E-state index is 12.5. The first-order valence-electron chi connectivity index (χ1n) is 7.03. The second-order valence-electron chi connectivity index (χ2n) is 5.44. The van der Waals surface area contributed by atoms with Crippen LogP contribution < -0.4 is 9.62 Å². The maximum absolute atomic E-state index is 12.5. The van der Waals surface area contributed by atoms with E-state index in [1.807, 2.05) is 0 Å². The summed E-state index contributed by atoms with van der Waals surface area (Å²) in [4.78, 5) is 1.70.